The molecule has 6 rings (SSSR count). The van der Waals surface area contributed by atoms with Gasteiger partial charge in [0.2, 0.25) is 5.91 Å². The number of aromatic hydroxyl groups is 2. The number of phenolic OH excluding ortho intramolecular Hbond substituents is 1. The maximum absolute atomic E-state index is 12.8. The van der Waals surface area contributed by atoms with Crippen LogP contribution in [0.4, 0.5) is 5.69 Å². The summed E-state index contributed by atoms with van der Waals surface area (Å²) in [7, 11) is 0. The van der Waals surface area contributed by atoms with Crippen LogP contribution in [0.1, 0.15) is 69.2 Å². The molecule has 5 aliphatic rings. The molecule has 5 N–H and O–H groups in total. The molecule has 1 spiro atoms. The van der Waals surface area contributed by atoms with Crippen molar-refractivity contribution < 1.29 is 34.8 Å². The van der Waals surface area contributed by atoms with Crippen LogP contribution in [0.15, 0.2) is 12.1 Å². The first-order chi connectivity index (χ1) is 15.0. The third kappa shape index (κ3) is 2.88. The topological polar surface area (TPSA) is 136 Å². The van der Waals surface area contributed by atoms with E-state index in [9.17, 15) is 24.9 Å². The lowest BCUT2D eigenvalue weighted by molar-refractivity contribution is -0.216. The Morgan fingerprint density at radius 3 is 2.69 bits per heavy atom. The SMILES string of the molecule is CC12CC34CC[C@@H](O)[C@@](C)(CCC(=O)Nc5c(O)ccc(C(=O)O)c5O)C3C(CC1C4)O2. The molecule has 2 aliphatic heterocycles. The van der Waals surface area contributed by atoms with Crippen LogP contribution < -0.4 is 5.32 Å². The predicted molar refractivity (Wildman–Crippen MR) is 114 cm³/mol. The Morgan fingerprint density at radius 1 is 1.25 bits per heavy atom. The molecule has 174 valence electrons. The zero-order chi connectivity index (χ0) is 23.1. The van der Waals surface area contributed by atoms with Crippen molar-refractivity contribution in [2.75, 3.05) is 5.32 Å². The summed E-state index contributed by atoms with van der Waals surface area (Å²) in [4.78, 5) is 24.0. The molecule has 8 heteroatoms. The summed E-state index contributed by atoms with van der Waals surface area (Å²) in [5, 5.41) is 42.9. The molecule has 3 aliphatic carbocycles. The lowest BCUT2D eigenvalue weighted by Gasteiger charge is -2.60. The van der Waals surface area contributed by atoms with Crippen molar-refractivity contribution in [2.24, 2.45) is 22.7 Å². The van der Waals surface area contributed by atoms with Gasteiger partial charge in [0.05, 0.1) is 17.8 Å². The Morgan fingerprint density at radius 2 is 2.00 bits per heavy atom. The summed E-state index contributed by atoms with van der Waals surface area (Å²) in [5.41, 5.74) is -1.08. The maximum atomic E-state index is 12.8. The average Bonchev–Trinajstić information content (AvgIpc) is 3.08. The van der Waals surface area contributed by atoms with Gasteiger partial charge in [-0.2, -0.15) is 0 Å². The summed E-state index contributed by atoms with van der Waals surface area (Å²) < 4.78 is 6.48. The zero-order valence-corrected chi connectivity index (χ0v) is 18.4. The maximum Gasteiger partial charge on any atom is 0.339 e. The van der Waals surface area contributed by atoms with Crippen LogP contribution in [0.2, 0.25) is 0 Å². The zero-order valence-electron chi connectivity index (χ0n) is 18.4. The second-order valence-corrected chi connectivity index (χ2v) is 10.9. The first-order valence-corrected chi connectivity index (χ1v) is 11.4. The lowest BCUT2D eigenvalue weighted by Crippen LogP contribution is -2.59. The van der Waals surface area contributed by atoms with Crippen LogP contribution in [0, 0.1) is 22.7 Å². The van der Waals surface area contributed by atoms with Crippen molar-refractivity contribution in [1.82, 2.24) is 0 Å². The first-order valence-electron chi connectivity index (χ1n) is 11.4. The van der Waals surface area contributed by atoms with Gasteiger partial charge in [-0.15, -0.1) is 0 Å². The molecule has 2 heterocycles. The number of hydrogen-bond donors (Lipinski definition) is 5. The van der Waals surface area contributed by atoms with E-state index >= 15 is 0 Å². The molecule has 3 saturated carbocycles. The van der Waals surface area contributed by atoms with E-state index < -0.39 is 40.5 Å². The largest absolute Gasteiger partial charge is 0.506 e. The number of rotatable bonds is 5. The Bertz CT molecular complexity index is 995. The number of carboxylic acid groups (broad SMARTS) is 1. The highest BCUT2D eigenvalue weighted by molar-refractivity contribution is 5.99. The number of anilines is 1. The number of aromatic carboxylic acids is 1. The minimum Gasteiger partial charge on any atom is -0.506 e. The third-order valence-corrected chi connectivity index (χ3v) is 9.12. The smallest absolute Gasteiger partial charge is 0.339 e. The van der Waals surface area contributed by atoms with Crippen molar-refractivity contribution in [3.63, 3.8) is 0 Å². The number of amides is 1. The highest BCUT2D eigenvalue weighted by Crippen LogP contribution is 2.73. The molecule has 1 aromatic carbocycles. The highest BCUT2D eigenvalue weighted by Gasteiger charge is 2.72. The molecule has 2 saturated heterocycles. The van der Waals surface area contributed by atoms with E-state index in [1.54, 1.807) is 0 Å². The van der Waals surface area contributed by atoms with Gasteiger partial charge in [0, 0.05) is 6.42 Å². The van der Waals surface area contributed by atoms with Crippen molar-refractivity contribution >= 4 is 17.6 Å². The summed E-state index contributed by atoms with van der Waals surface area (Å²) in [6, 6.07) is 2.20. The fourth-order valence-corrected chi connectivity index (χ4v) is 7.82. The van der Waals surface area contributed by atoms with Crippen molar-refractivity contribution in [3.8, 4) is 11.5 Å². The molecule has 5 fully saturated rings. The summed E-state index contributed by atoms with van der Waals surface area (Å²) in [6.07, 6.45) is 4.96. The van der Waals surface area contributed by atoms with Gasteiger partial charge < -0.3 is 30.5 Å². The van der Waals surface area contributed by atoms with E-state index in [-0.39, 0.29) is 35.1 Å². The van der Waals surface area contributed by atoms with Crippen LogP contribution in [0.3, 0.4) is 0 Å². The first kappa shape index (κ1) is 21.5. The monoisotopic (exact) mass is 445 g/mol. The molecular formula is C24H31NO7. The second kappa shape index (κ2) is 6.84. The number of carboxylic acids is 1. The molecule has 5 unspecified atom stereocenters. The van der Waals surface area contributed by atoms with Crippen LogP contribution in [0.25, 0.3) is 0 Å². The Kier molecular flexibility index (Phi) is 4.60. The number of phenols is 2. The molecular weight excluding hydrogens is 414 g/mol. The minimum atomic E-state index is -1.36. The second-order valence-electron chi connectivity index (χ2n) is 10.9. The van der Waals surface area contributed by atoms with Crippen LogP contribution >= 0.6 is 0 Å². The van der Waals surface area contributed by atoms with E-state index in [1.165, 1.54) is 0 Å². The quantitative estimate of drug-likeness (QED) is 0.439. The van der Waals surface area contributed by atoms with E-state index in [4.69, 9.17) is 9.84 Å². The number of carbonyl (C=O) groups is 2. The minimum absolute atomic E-state index is 0.0496. The number of nitrogens with one attached hydrogen (secondary N) is 1. The fraction of sp³-hybridized carbons (Fsp3) is 0.667. The van der Waals surface area contributed by atoms with Gasteiger partial charge >= 0.3 is 5.97 Å². The van der Waals surface area contributed by atoms with Crippen molar-refractivity contribution in [1.29, 1.82) is 0 Å². The standard InChI is InChI=1S/C24H31NO7/c1-22(7-6-17(28)25-18-14(26)4-3-13(19(18)29)21(30)31)16(27)5-8-24-10-12-9-15(20(22)24)32-23(12,2)11-24/h3-4,12,15-16,20,26-27,29H,5-11H2,1-2H3,(H,25,28)(H,30,31)/t12?,15?,16-,20?,22-,23?,24?/m1/s1. The van der Waals surface area contributed by atoms with Crippen LogP contribution in [0.5, 0.6) is 11.5 Å². The summed E-state index contributed by atoms with van der Waals surface area (Å²) in [6.45, 7) is 4.29. The fourth-order valence-electron chi connectivity index (χ4n) is 7.82. The van der Waals surface area contributed by atoms with Gasteiger partial charge in [0.25, 0.3) is 0 Å². The van der Waals surface area contributed by atoms with E-state index in [0.29, 0.717) is 18.8 Å². The van der Waals surface area contributed by atoms with Gasteiger partial charge in [0.1, 0.15) is 17.0 Å². The number of ether oxygens (including phenoxy) is 1. The Hall–Kier alpha value is -2.32. The molecule has 0 aromatic heterocycles. The van der Waals surface area contributed by atoms with Crippen LogP contribution in [-0.2, 0) is 9.53 Å². The molecule has 1 amide bonds. The summed E-state index contributed by atoms with van der Waals surface area (Å²) >= 11 is 0. The van der Waals surface area contributed by atoms with Gasteiger partial charge in [-0.1, -0.05) is 6.92 Å². The molecule has 32 heavy (non-hydrogen) atoms. The Labute approximate surface area is 186 Å². The number of aliphatic hydroxyl groups excluding tert-OH is 1. The molecule has 1 aromatic rings. The van der Waals surface area contributed by atoms with E-state index in [0.717, 1.165) is 37.8 Å². The van der Waals surface area contributed by atoms with Gasteiger partial charge in [-0.05, 0) is 80.2 Å². The van der Waals surface area contributed by atoms with Crippen molar-refractivity contribution in [3.05, 3.63) is 17.7 Å². The molecule has 7 atom stereocenters. The summed E-state index contributed by atoms with van der Waals surface area (Å²) in [5.74, 6) is -2.13. The van der Waals surface area contributed by atoms with Gasteiger partial charge in [0.15, 0.2) is 5.75 Å². The Balaban J connectivity index is 1.34. The lowest BCUT2D eigenvalue weighted by atomic mass is 9.48. The number of hydrogen-bond acceptors (Lipinski definition) is 6. The van der Waals surface area contributed by atoms with E-state index in [1.807, 2.05) is 0 Å². The van der Waals surface area contributed by atoms with Gasteiger partial charge in [-0.3, -0.25) is 4.79 Å². The van der Waals surface area contributed by atoms with E-state index in [2.05, 4.69) is 19.2 Å². The van der Waals surface area contributed by atoms with Gasteiger partial charge in [-0.25, -0.2) is 4.79 Å². The van der Waals surface area contributed by atoms with Crippen molar-refractivity contribution in [2.45, 2.75) is 76.6 Å². The third-order valence-electron chi connectivity index (χ3n) is 9.12. The number of aliphatic hydroxyl groups is 1. The number of carbonyl (C=O) groups excluding carboxylic acids is 1. The molecule has 0 radical (unpaired) electrons. The highest BCUT2D eigenvalue weighted by atomic mass is 16.5. The van der Waals surface area contributed by atoms with Crippen LogP contribution in [-0.4, -0.2) is 50.1 Å². The predicted octanol–water partition coefficient (Wildman–Crippen LogP) is 3.25. The number of benzene rings is 1. The molecule has 8 nitrogen and oxygen atoms in total. The normalized spacial score (nSPS) is 41.5. The average molecular weight is 446 g/mol. The molecule has 4 bridgehead atoms.